The SMILES string of the molecule is CNc1cnccc1C(=O)N1CCCOCC1. The Kier molecular flexibility index (Phi) is 3.93. The molecule has 0 bridgehead atoms. The zero-order valence-corrected chi connectivity index (χ0v) is 9.98. The lowest BCUT2D eigenvalue weighted by molar-refractivity contribution is 0.0742. The molecule has 0 aromatic carbocycles. The second-order valence-electron chi connectivity index (χ2n) is 3.93. The Labute approximate surface area is 101 Å². The average Bonchev–Trinajstić information content (AvgIpc) is 2.66. The molecule has 17 heavy (non-hydrogen) atoms. The van der Waals surface area contributed by atoms with Gasteiger partial charge in [0.15, 0.2) is 0 Å². The van der Waals surface area contributed by atoms with Crippen LogP contribution in [0.4, 0.5) is 5.69 Å². The van der Waals surface area contributed by atoms with Crippen LogP contribution in [-0.4, -0.2) is 49.1 Å². The molecule has 0 saturated carbocycles. The van der Waals surface area contributed by atoms with E-state index in [-0.39, 0.29) is 5.91 Å². The van der Waals surface area contributed by atoms with Crippen molar-refractivity contribution in [2.24, 2.45) is 0 Å². The predicted molar refractivity (Wildman–Crippen MR) is 65.1 cm³/mol. The van der Waals surface area contributed by atoms with Crippen molar-refractivity contribution < 1.29 is 9.53 Å². The van der Waals surface area contributed by atoms with Crippen LogP contribution in [0.1, 0.15) is 16.8 Å². The summed E-state index contributed by atoms with van der Waals surface area (Å²) in [5, 5.41) is 2.99. The third-order valence-corrected chi connectivity index (χ3v) is 2.83. The van der Waals surface area contributed by atoms with Crippen molar-refractivity contribution in [1.29, 1.82) is 0 Å². The van der Waals surface area contributed by atoms with Crippen molar-refractivity contribution in [3.63, 3.8) is 0 Å². The number of pyridine rings is 1. The molecule has 1 amide bonds. The molecule has 0 unspecified atom stereocenters. The number of amides is 1. The molecule has 0 spiro atoms. The zero-order chi connectivity index (χ0) is 12.1. The lowest BCUT2D eigenvalue weighted by atomic mass is 10.2. The monoisotopic (exact) mass is 235 g/mol. The highest BCUT2D eigenvalue weighted by Crippen LogP contribution is 2.16. The van der Waals surface area contributed by atoms with Crippen LogP contribution >= 0.6 is 0 Å². The summed E-state index contributed by atoms with van der Waals surface area (Å²) in [6.07, 6.45) is 4.20. The molecule has 5 heteroatoms. The molecule has 1 aliphatic heterocycles. The number of carbonyl (C=O) groups excluding carboxylic acids is 1. The standard InChI is InChI=1S/C12H17N3O2/c1-13-11-9-14-4-3-10(11)12(16)15-5-2-7-17-8-6-15/h3-4,9,13H,2,5-8H2,1H3. The van der Waals surface area contributed by atoms with Crippen molar-refractivity contribution >= 4 is 11.6 Å². The molecule has 1 aromatic rings. The largest absolute Gasteiger partial charge is 0.386 e. The predicted octanol–water partition coefficient (Wildman–Crippen LogP) is 0.986. The van der Waals surface area contributed by atoms with Crippen LogP contribution in [0, 0.1) is 0 Å². The van der Waals surface area contributed by atoms with Gasteiger partial charge >= 0.3 is 0 Å². The van der Waals surface area contributed by atoms with Crippen LogP contribution < -0.4 is 5.32 Å². The Balaban J connectivity index is 2.17. The van der Waals surface area contributed by atoms with Crippen molar-refractivity contribution in [2.75, 3.05) is 38.7 Å². The van der Waals surface area contributed by atoms with Gasteiger partial charge in [0.05, 0.1) is 24.1 Å². The van der Waals surface area contributed by atoms with E-state index in [1.165, 1.54) is 0 Å². The number of ether oxygens (including phenoxy) is 1. The van der Waals surface area contributed by atoms with E-state index in [0.717, 1.165) is 25.3 Å². The Morgan fingerprint density at radius 2 is 2.35 bits per heavy atom. The van der Waals surface area contributed by atoms with E-state index in [4.69, 9.17) is 4.74 Å². The second kappa shape index (κ2) is 5.63. The van der Waals surface area contributed by atoms with Crippen molar-refractivity contribution in [3.8, 4) is 0 Å². The van der Waals surface area contributed by atoms with Gasteiger partial charge in [-0.3, -0.25) is 9.78 Å². The molecular formula is C12H17N3O2. The van der Waals surface area contributed by atoms with Gasteiger partial charge in [-0.05, 0) is 12.5 Å². The van der Waals surface area contributed by atoms with Crippen LogP contribution in [0.3, 0.4) is 0 Å². The Morgan fingerprint density at radius 3 is 3.18 bits per heavy atom. The normalized spacial score (nSPS) is 16.4. The van der Waals surface area contributed by atoms with Gasteiger partial charge in [-0.25, -0.2) is 0 Å². The second-order valence-corrected chi connectivity index (χ2v) is 3.93. The minimum Gasteiger partial charge on any atom is -0.386 e. The van der Waals surface area contributed by atoms with Gasteiger partial charge in [0.25, 0.3) is 5.91 Å². The van der Waals surface area contributed by atoms with Gasteiger partial charge in [0, 0.05) is 32.9 Å². The van der Waals surface area contributed by atoms with Gasteiger partial charge < -0.3 is 15.0 Å². The molecule has 1 fully saturated rings. The number of carbonyl (C=O) groups is 1. The highest BCUT2D eigenvalue weighted by atomic mass is 16.5. The number of nitrogens with zero attached hydrogens (tertiary/aromatic N) is 2. The highest BCUT2D eigenvalue weighted by Gasteiger charge is 2.19. The summed E-state index contributed by atoms with van der Waals surface area (Å²) in [6, 6.07) is 1.75. The first-order chi connectivity index (χ1) is 8.33. The summed E-state index contributed by atoms with van der Waals surface area (Å²) in [6.45, 7) is 2.76. The molecule has 0 radical (unpaired) electrons. The molecule has 1 aliphatic rings. The van der Waals surface area contributed by atoms with Gasteiger partial charge in [0.1, 0.15) is 0 Å². The quantitative estimate of drug-likeness (QED) is 0.830. The molecule has 1 aromatic heterocycles. The number of hydrogen-bond donors (Lipinski definition) is 1. The first-order valence-corrected chi connectivity index (χ1v) is 5.81. The average molecular weight is 235 g/mol. The molecular weight excluding hydrogens is 218 g/mol. The number of hydrogen-bond acceptors (Lipinski definition) is 4. The maximum absolute atomic E-state index is 12.3. The minimum atomic E-state index is 0.0438. The van der Waals surface area contributed by atoms with E-state index in [1.54, 1.807) is 25.5 Å². The van der Waals surface area contributed by atoms with Crippen LogP contribution in [0.5, 0.6) is 0 Å². The summed E-state index contributed by atoms with van der Waals surface area (Å²) in [7, 11) is 1.79. The van der Waals surface area contributed by atoms with E-state index in [9.17, 15) is 4.79 Å². The Hall–Kier alpha value is -1.62. The topological polar surface area (TPSA) is 54.5 Å². The fourth-order valence-corrected chi connectivity index (χ4v) is 1.90. The third kappa shape index (κ3) is 2.74. The summed E-state index contributed by atoms with van der Waals surface area (Å²) in [5.74, 6) is 0.0438. The Bertz CT molecular complexity index is 387. The van der Waals surface area contributed by atoms with E-state index >= 15 is 0 Å². The van der Waals surface area contributed by atoms with Gasteiger partial charge in [-0.2, -0.15) is 0 Å². The summed E-state index contributed by atoms with van der Waals surface area (Å²) >= 11 is 0. The molecule has 2 heterocycles. The number of anilines is 1. The molecule has 0 aliphatic carbocycles. The van der Waals surface area contributed by atoms with Gasteiger partial charge in [-0.1, -0.05) is 0 Å². The first kappa shape index (κ1) is 11.9. The lowest BCUT2D eigenvalue weighted by Crippen LogP contribution is -2.33. The van der Waals surface area contributed by atoms with E-state index in [2.05, 4.69) is 10.3 Å². The van der Waals surface area contributed by atoms with Crippen LogP contribution in [-0.2, 0) is 4.74 Å². The smallest absolute Gasteiger partial charge is 0.256 e. The molecule has 0 atom stereocenters. The van der Waals surface area contributed by atoms with Crippen LogP contribution in [0.25, 0.3) is 0 Å². The van der Waals surface area contributed by atoms with Gasteiger partial charge in [-0.15, -0.1) is 0 Å². The zero-order valence-electron chi connectivity index (χ0n) is 9.98. The third-order valence-electron chi connectivity index (χ3n) is 2.83. The fraction of sp³-hybridized carbons (Fsp3) is 0.500. The van der Waals surface area contributed by atoms with E-state index in [0.29, 0.717) is 18.7 Å². The van der Waals surface area contributed by atoms with Crippen molar-refractivity contribution in [1.82, 2.24) is 9.88 Å². The highest BCUT2D eigenvalue weighted by molar-refractivity contribution is 5.99. The van der Waals surface area contributed by atoms with Crippen molar-refractivity contribution in [2.45, 2.75) is 6.42 Å². The molecule has 2 rings (SSSR count). The lowest BCUT2D eigenvalue weighted by Gasteiger charge is -2.20. The number of nitrogens with one attached hydrogen (secondary N) is 1. The molecule has 1 saturated heterocycles. The van der Waals surface area contributed by atoms with Gasteiger partial charge in [0.2, 0.25) is 0 Å². The maximum atomic E-state index is 12.3. The summed E-state index contributed by atoms with van der Waals surface area (Å²) in [5.41, 5.74) is 1.44. The Morgan fingerprint density at radius 1 is 1.47 bits per heavy atom. The maximum Gasteiger partial charge on any atom is 0.256 e. The summed E-state index contributed by atoms with van der Waals surface area (Å²) < 4.78 is 5.35. The first-order valence-electron chi connectivity index (χ1n) is 5.81. The van der Waals surface area contributed by atoms with E-state index in [1.807, 2.05) is 4.90 Å². The fourth-order valence-electron chi connectivity index (χ4n) is 1.90. The van der Waals surface area contributed by atoms with E-state index < -0.39 is 0 Å². The summed E-state index contributed by atoms with van der Waals surface area (Å²) in [4.78, 5) is 18.2. The minimum absolute atomic E-state index is 0.0438. The van der Waals surface area contributed by atoms with Crippen LogP contribution in [0.2, 0.25) is 0 Å². The molecule has 1 N–H and O–H groups in total. The number of aromatic nitrogens is 1. The van der Waals surface area contributed by atoms with Crippen LogP contribution in [0.15, 0.2) is 18.5 Å². The molecule has 5 nitrogen and oxygen atoms in total. The van der Waals surface area contributed by atoms with Crippen molar-refractivity contribution in [3.05, 3.63) is 24.0 Å². The molecule has 92 valence electrons. The number of rotatable bonds is 2.